The zero-order chi connectivity index (χ0) is 15.6. The number of hydrogen-bond donors (Lipinski definition) is 1. The molecule has 6 heteroatoms. The third-order valence-electron chi connectivity index (χ3n) is 2.76. The zero-order valence-electron chi connectivity index (χ0n) is 10.4. The number of carbonyl (C=O) groups is 1. The van der Waals surface area contributed by atoms with Gasteiger partial charge in [-0.25, -0.2) is 4.79 Å². The van der Waals surface area contributed by atoms with Gasteiger partial charge in [-0.05, 0) is 23.8 Å². The van der Waals surface area contributed by atoms with Gasteiger partial charge < -0.3 is 5.11 Å². The van der Waals surface area contributed by atoms with Crippen LogP contribution in [-0.2, 0) is 4.79 Å². The fourth-order valence-corrected chi connectivity index (χ4v) is 2.76. The molecule has 2 rings (SSSR count). The van der Waals surface area contributed by atoms with Gasteiger partial charge in [0.25, 0.3) is 0 Å². The first-order chi connectivity index (χ1) is 9.91. The minimum absolute atomic E-state index is 0.226. The van der Waals surface area contributed by atoms with Crippen molar-refractivity contribution in [3.63, 3.8) is 0 Å². The molecule has 0 saturated heterocycles. The lowest BCUT2D eigenvalue weighted by Gasteiger charge is -2.12. The average molecular weight is 362 g/mol. The molecule has 0 atom stereocenters. The number of benzene rings is 2. The summed E-state index contributed by atoms with van der Waals surface area (Å²) in [6.07, 6.45) is 2.48. The predicted octanol–water partition coefficient (Wildman–Crippen LogP) is 6.07. The monoisotopic (exact) mass is 360 g/mol. The number of carboxylic acid groups (broad SMARTS) is 1. The van der Waals surface area contributed by atoms with E-state index in [4.69, 9.17) is 51.5 Å². The van der Waals surface area contributed by atoms with E-state index in [1.807, 2.05) is 0 Å². The van der Waals surface area contributed by atoms with Crippen molar-refractivity contribution >= 4 is 58.4 Å². The van der Waals surface area contributed by atoms with Crippen molar-refractivity contribution in [2.45, 2.75) is 0 Å². The van der Waals surface area contributed by atoms with E-state index in [-0.39, 0.29) is 10.0 Å². The van der Waals surface area contributed by atoms with Gasteiger partial charge in [0.15, 0.2) is 0 Å². The topological polar surface area (TPSA) is 37.3 Å². The van der Waals surface area contributed by atoms with Crippen molar-refractivity contribution < 1.29 is 9.90 Å². The molecule has 0 fully saturated rings. The summed E-state index contributed by atoms with van der Waals surface area (Å²) in [6.45, 7) is 0. The SMILES string of the molecule is O=C(O)/C=C\c1cccc(Cl)c1-c1ccc(Cl)c(Cl)c1Cl. The Hall–Kier alpha value is -1.19. The van der Waals surface area contributed by atoms with Gasteiger partial charge in [-0.1, -0.05) is 64.6 Å². The lowest BCUT2D eigenvalue weighted by molar-refractivity contribution is -0.131. The highest BCUT2D eigenvalue weighted by molar-refractivity contribution is 6.49. The third-order valence-corrected chi connectivity index (χ3v) is 4.36. The third kappa shape index (κ3) is 3.53. The lowest BCUT2D eigenvalue weighted by Crippen LogP contribution is -1.90. The summed E-state index contributed by atoms with van der Waals surface area (Å²) in [5.74, 6) is -1.05. The molecule has 0 radical (unpaired) electrons. The molecule has 2 nitrogen and oxygen atoms in total. The van der Waals surface area contributed by atoms with E-state index >= 15 is 0 Å². The Morgan fingerprint density at radius 3 is 2.33 bits per heavy atom. The maximum Gasteiger partial charge on any atom is 0.328 e. The molecule has 0 spiro atoms. The molecule has 21 heavy (non-hydrogen) atoms. The maximum atomic E-state index is 10.7. The fraction of sp³-hybridized carbons (Fsp3) is 0. The van der Waals surface area contributed by atoms with E-state index in [2.05, 4.69) is 0 Å². The lowest BCUT2D eigenvalue weighted by atomic mass is 9.99. The Morgan fingerprint density at radius 1 is 0.952 bits per heavy atom. The Kier molecular flexibility index (Phi) is 5.17. The van der Waals surface area contributed by atoms with E-state index in [1.165, 1.54) is 6.08 Å². The van der Waals surface area contributed by atoms with Crippen molar-refractivity contribution in [1.82, 2.24) is 0 Å². The second-order valence-corrected chi connectivity index (χ2v) is 5.67. The minimum Gasteiger partial charge on any atom is -0.478 e. The molecule has 0 aliphatic carbocycles. The molecule has 0 aliphatic heterocycles. The van der Waals surface area contributed by atoms with E-state index in [9.17, 15) is 4.79 Å². The normalized spacial score (nSPS) is 11.0. The second-order valence-electron chi connectivity index (χ2n) is 4.10. The van der Waals surface area contributed by atoms with Gasteiger partial charge in [0, 0.05) is 22.2 Å². The minimum atomic E-state index is -1.05. The number of carboxylic acids is 1. The predicted molar refractivity (Wildman–Crippen MR) is 88.6 cm³/mol. The van der Waals surface area contributed by atoms with Crippen molar-refractivity contribution in [3.05, 3.63) is 62.1 Å². The smallest absolute Gasteiger partial charge is 0.328 e. The molecule has 0 amide bonds. The van der Waals surface area contributed by atoms with Crippen LogP contribution in [0.4, 0.5) is 0 Å². The summed E-state index contributed by atoms with van der Waals surface area (Å²) >= 11 is 24.4. The molecule has 0 heterocycles. The molecule has 2 aromatic rings. The zero-order valence-corrected chi connectivity index (χ0v) is 13.4. The van der Waals surface area contributed by atoms with Crippen molar-refractivity contribution in [2.24, 2.45) is 0 Å². The average Bonchev–Trinajstić information content (AvgIpc) is 2.44. The molecule has 2 aromatic carbocycles. The van der Waals surface area contributed by atoms with Gasteiger partial charge in [0.05, 0.1) is 15.1 Å². The van der Waals surface area contributed by atoms with Gasteiger partial charge in [0.2, 0.25) is 0 Å². The highest BCUT2D eigenvalue weighted by Gasteiger charge is 2.15. The Morgan fingerprint density at radius 2 is 1.67 bits per heavy atom. The van der Waals surface area contributed by atoms with E-state index < -0.39 is 5.97 Å². The number of hydrogen-bond acceptors (Lipinski definition) is 1. The van der Waals surface area contributed by atoms with Crippen LogP contribution in [0, 0.1) is 0 Å². The van der Waals surface area contributed by atoms with E-state index in [0.717, 1.165) is 6.08 Å². The second kappa shape index (κ2) is 6.71. The Labute approximate surface area is 141 Å². The molecule has 0 aliphatic rings. The summed E-state index contributed by atoms with van der Waals surface area (Å²) in [7, 11) is 0. The molecule has 0 unspecified atom stereocenters. The summed E-state index contributed by atoms with van der Waals surface area (Å²) < 4.78 is 0. The number of rotatable bonds is 3. The van der Waals surface area contributed by atoms with Crippen LogP contribution in [0.1, 0.15) is 5.56 Å². The van der Waals surface area contributed by atoms with Crippen LogP contribution in [0.25, 0.3) is 17.2 Å². The van der Waals surface area contributed by atoms with Gasteiger partial charge in [0.1, 0.15) is 0 Å². The molecular weight excluding hydrogens is 354 g/mol. The van der Waals surface area contributed by atoms with Gasteiger partial charge in [-0.3, -0.25) is 0 Å². The molecule has 0 aromatic heterocycles. The first-order valence-electron chi connectivity index (χ1n) is 5.75. The Balaban J connectivity index is 2.69. The summed E-state index contributed by atoms with van der Waals surface area (Å²) in [6, 6.07) is 8.45. The summed E-state index contributed by atoms with van der Waals surface area (Å²) in [5, 5.41) is 10.0. The first kappa shape index (κ1) is 16.2. The fourth-order valence-electron chi connectivity index (χ4n) is 1.84. The van der Waals surface area contributed by atoms with Crippen LogP contribution in [0.2, 0.25) is 20.1 Å². The van der Waals surface area contributed by atoms with E-state index in [1.54, 1.807) is 30.3 Å². The van der Waals surface area contributed by atoms with Crippen molar-refractivity contribution in [2.75, 3.05) is 0 Å². The quantitative estimate of drug-likeness (QED) is 0.532. The first-order valence-corrected chi connectivity index (χ1v) is 7.26. The van der Waals surface area contributed by atoms with Crippen molar-refractivity contribution in [3.8, 4) is 11.1 Å². The molecule has 0 bridgehead atoms. The van der Waals surface area contributed by atoms with Gasteiger partial charge in [-0.2, -0.15) is 0 Å². The van der Waals surface area contributed by atoms with Crippen LogP contribution in [0.5, 0.6) is 0 Å². The van der Waals surface area contributed by atoms with Crippen LogP contribution in [0.3, 0.4) is 0 Å². The number of aliphatic carboxylic acids is 1. The Bertz CT molecular complexity index is 739. The van der Waals surface area contributed by atoms with Crippen molar-refractivity contribution in [1.29, 1.82) is 0 Å². The summed E-state index contributed by atoms with van der Waals surface area (Å²) in [4.78, 5) is 10.7. The largest absolute Gasteiger partial charge is 0.478 e. The maximum absolute atomic E-state index is 10.7. The van der Waals surface area contributed by atoms with Crippen LogP contribution >= 0.6 is 46.4 Å². The molecule has 108 valence electrons. The highest BCUT2D eigenvalue weighted by atomic mass is 35.5. The van der Waals surface area contributed by atoms with Crippen LogP contribution < -0.4 is 0 Å². The molecular formula is C15H8Cl4O2. The van der Waals surface area contributed by atoms with Crippen LogP contribution in [0.15, 0.2) is 36.4 Å². The van der Waals surface area contributed by atoms with Gasteiger partial charge >= 0.3 is 5.97 Å². The van der Waals surface area contributed by atoms with Crippen LogP contribution in [-0.4, -0.2) is 11.1 Å². The number of halogens is 4. The summed E-state index contributed by atoms with van der Waals surface area (Å²) in [5.41, 5.74) is 1.80. The van der Waals surface area contributed by atoms with Gasteiger partial charge in [-0.15, -0.1) is 0 Å². The van der Waals surface area contributed by atoms with E-state index in [0.29, 0.717) is 26.7 Å². The molecule has 0 saturated carbocycles. The highest BCUT2D eigenvalue weighted by Crippen LogP contribution is 2.42. The standard InChI is InChI=1S/C15H8Cl4O2/c16-10-3-1-2-8(4-7-12(20)21)13(10)9-5-6-11(17)15(19)14(9)18/h1-7H,(H,20,21)/b7-4-. The molecule has 1 N–H and O–H groups in total.